The van der Waals surface area contributed by atoms with Gasteiger partial charge in [0.15, 0.2) is 11.5 Å². The Morgan fingerprint density at radius 3 is 2.74 bits per heavy atom. The van der Waals surface area contributed by atoms with Crippen molar-refractivity contribution in [3.05, 3.63) is 41.8 Å². The summed E-state index contributed by atoms with van der Waals surface area (Å²) >= 11 is 6.61. The number of H-pyrrole nitrogens is 1. The molecule has 0 amide bonds. The van der Waals surface area contributed by atoms with Crippen LogP contribution in [0, 0.1) is 0 Å². The predicted molar refractivity (Wildman–Crippen MR) is 128 cm³/mol. The molecule has 1 fully saturated rings. The summed E-state index contributed by atoms with van der Waals surface area (Å²) in [5, 5.41) is 4.02. The topological polar surface area (TPSA) is 90.3 Å². The summed E-state index contributed by atoms with van der Waals surface area (Å²) in [5.41, 5.74) is 3.03. The zero-order valence-electron chi connectivity index (χ0n) is 19.1. The number of piperazine rings is 1. The number of aromatic nitrogens is 6. The molecule has 0 aliphatic carbocycles. The molecule has 4 aromatic rings. The monoisotopic (exact) mass is 507 g/mol. The molecule has 0 bridgehead atoms. The van der Waals surface area contributed by atoms with Crippen LogP contribution in [0.2, 0.25) is 5.02 Å². The number of rotatable bonds is 7. The van der Waals surface area contributed by atoms with Gasteiger partial charge in [-0.05, 0) is 26.0 Å². The van der Waals surface area contributed by atoms with Gasteiger partial charge in [-0.2, -0.15) is 13.2 Å². The summed E-state index contributed by atoms with van der Waals surface area (Å²) in [5.74, 6) is 1.58. The van der Waals surface area contributed by atoms with E-state index in [1.807, 2.05) is 17.4 Å². The van der Waals surface area contributed by atoms with Crippen LogP contribution in [0.4, 0.5) is 24.8 Å². The van der Waals surface area contributed by atoms with E-state index in [2.05, 4.69) is 40.0 Å². The molecule has 35 heavy (non-hydrogen) atoms. The van der Waals surface area contributed by atoms with E-state index in [0.29, 0.717) is 54.7 Å². The van der Waals surface area contributed by atoms with E-state index in [0.717, 1.165) is 16.9 Å². The number of nitrogens with one attached hydrogen (secondary N) is 2. The van der Waals surface area contributed by atoms with E-state index in [4.69, 9.17) is 11.6 Å². The van der Waals surface area contributed by atoms with Gasteiger partial charge in [-0.3, -0.25) is 9.30 Å². The molecule has 13 heteroatoms. The van der Waals surface area contributed by atoms with Crippen molar-refractivity contribution in [2.24, 2.45) is 0 Å². The largest absolute Gasteiger partial charge is 0.389 e. The maximum absolute atomic E-state index is 12.5. The van der Waals surface area contributed by atoms with Gasteiger partial charge in [0.2, 0.25) is 0 Å². The molecular formula is C22H25ClF3N9. The standard InChI is InChI=1S/C22H25ClF3N9/c1-14(32-20-18-19(29-11-28-18)30-12-31-20)15-9-16(23)17-10-27-13-35(17)21(15)34-7-5-33(6-8-34)4-2-3-22(24,25)26/h9-14H,2-8H2,1H3,(H2,28,29,30,31,32). The van der Waals surface area contributed by atoms with Crippen molar-refractivity contribution in [1.29, 1.82) is 0 Å². The highest BCUT2D eigenvalue weighted by Crippen LogP contribution is 2.35. The molecule has 0 aromatic carbocycles. The van der Waals surface area contributed by atoms with Crippen molar-refractivity contribution in [3.63, 3.8) is 0 Å². The van der Waals surface area contributed by atoms with Crippen molar-refractivity contribution < 1.29 is 13.2 Å². The maximum Gasteiger partial charge on any atom is 0.389 e. The third kappa shape index (κ3) is 4.98. The Labute approximate surface area is 204 Å². The maximum atomic E-state index is 12.5. The molecule has 1 unspecified atom stereocenters. The number of pyridine rings is 1. The van der Waals surface area contributed by atoms with Gasteiger partial charge in [0, 0.05) is 38.2 Å². The van der Waals surface area contributed by atoms with Gasteiger partial charge in [-0.25, -0.2) is 19.9 Å². The number of anilines is 2. The number of imidazole rings is 2. The van der Waals surface area contributed by atoms with Gasteiger partial charge in [0.1, 0.15) is 24.0 Å². The first kappa shape index (κ1) is 23.6. The molecule has 0 radical (unpaired) electrons. The second kappa shape index (κ2) is 9.50. The van der Waals surface area contributed by atoms with Gasteiger partial charge < -0.3 is 15.2 Å². The smallest absolute Gasteiger partial charge is 0.362 e. The van der Waals surface area contributed by atoms with Crippen LogP contribution >= 0.6 is 11.6 Å². The average molecular weight is 508 g/mol. The van der Waals surface area contributed by atoms with Crippen LogP contribution in [0.3, 0.4) is 0 Å². The Morgan fingerprint density at radius 2 is 1.97 bits per heavy atom. The van der Waals surface area contributed by atoms with Crippen LogP contribution in [-0.4, -0.2) is 73.1 Å². The van der Waals surface area contributed by atoms with Crippen LogP contribution in [0.15, 0.2) is 31.2 Å². The minimum Gasteiger partial charge on any atom is -0.362 e. The highest BCUT2D eigenvalue weighted by Gasteiger charge is 2.28. The quantitative estimate of drug-likeness (QED) is 0.385. The van der Waals surface area contributed by atoms with Crippen molar-refractivity contribution in [3.8, 4) is 0 Å². The first-order valence-electron chi connectivity index (χ1n) is 11.4. The molecule has 4 aromatic heterocycles. The lowest BCUT2D eigenvalue weighted by Gasteiger charge is -2.38. The van der Waals surface area contributed by atoms with Gasteiger partial charge in [0.25, 0.3) is 0 Å². The molecule has 5 heterocycles. The van der Waals surface area contributed by atoms with Gasteiger partial charge in [-0.1, -0.05) is 11.6 Å². The molecule has 1 atom stereocenters. The van der Waals surface area contributed by atoms with E-state index in [1.165, 1.54) is 6.33 Å². The van der Waals surface area contributed by atoms with Gasteiger partial charge in [0.05, 0.1) is 29.1 Å². The lowest BCUT2D eigenvalue weighted by molar-refractivity contribution is -0.136. The zero-order valence-corrected chi connectivity index (χ0v) is 19.8. The highest BCUT2D eigenvalue weighted by atomic mass is 35.5. The summed E-state index contributed by atoms with van der Waals surface area (Å²) in [6.07, 6.45) is 1.75. The van der Waals surface area contributed by atoms with Crippen molar-refractivity contribution >= 4 is 39.9 Å². The second-order valence-corrected chi connectivity index (χ2v) is 9.06. The predicted octanol–water partition coefficient (Wildman–Crippen LogP) is 4.29. The Bertz CT molecular complexity index is 1310. The van der Waals surface area contributed by atoms with Crippen LogP contribution < -0.4 is 10.2 Å². The van der Waals surface area contributed by atoms with E-state index in [9.17, 15) is 13.2 Å². The second-order valence-electron chi connectivity index (χ2n) is 8.66. The molecule has 5 rings (SSSR count). The average Bonchev–Trinajstić information content (AvgIpc) is 3.49. The van der Waals surface area contributed by atoms with Crippen LogP contribution in [0.25, 0.3) is 16.7 Å². The van der Waals surface area contributed by atoms with Crippen molar-refractivity contribution in [2.45, 2.75) is 32.0 Å². The zero-order chi connectivity index (χ0) is 24.6. The number of halogens is 4. The first-order chi connectivity index (χ1) is 16.8. The Balaban J connectivity index is 1.39. The number of nitrogens with zero attached hydrogens (tertiary/aromatic N) is 7. The van der Waals surface area contributed by atoms with Crippen molar-refractivity contribution in [1.82, 2.24) is 34.2 Å². The lowest BCUT2D eigenvalue weighted by atomic mass is 10.1. The number of aromatic amines is 1. The summed E-state index contributed by atoms with van der Waals surface area (Å²) < 4.78 is 39.5. The minimum absolute atomic E-state index is 0.115. The van der Waals surface area contributed by atoms with E-state index in [1.54, 1.807) is 18.9 Å². The van der Waals surface area contributed by atoms with Crippen LogP contribution in [0.5, 0.6) is 0 Å². The third-order valence-corrected chi connectivity index (χ3v) is 6.60. The summed E-state index contributed by atoms with van der Waals surface area (Å²) in [6.45, 7) is 5.18. The number of fused-ring (bicyclic) bond motifs is 2. The van der Waals surface area contributed by atoms with E-state index < -0.39 is 12.6 Å². The fourth-order valence-corrected chi connectivity index (χ4v) is 4.81. The van der Waals surface area contributed by atoms with Gasteiger partial charge >= 0.3 is 6.18 Å². The summed E-state index contributed by atoms with van der Waals surface area (Å²) in [7, 11) is 0. The molecule has 0 saturated carbocycles. The molecular weight excluding hydrogens is 483 g/mol. The molecule has 2 N–H and O–H groups in total. The number of hydrogen-bond donors (Lipinski definition) is 2. The Hall–Kier alpha value is -3.12. The number of alkyl halides is 3. The summed E-state index contributed by atoms with van der Waals surface area (Å²) in [4.78, 5) is 24.4. The number of hydrogen-bond acceptors (Lipinski definition) is 7. The van der Waals surface area contributed by atoms with Gasteiger partial charge in [-0.15, -0.1) is 0 Å². The first-order valence-corrected chi connectivity index (χ1v) is 11.8. The summed E-state index contributed by atoms with van der Waals surface area (Å²) in [6, 6.07) is 1.76. The molecule has 1 saturated heterocycles. The normalized spacial score (nSPS) is 16.3. The minimum atomic E-state index is -4.11. The Morgan fingerprint density at radius 1 is 1.17 bits per heavy atom. The molecule has 9 nitrogen and oxygen atoms in total. The molecule has 1 aliphatic rings. The van der Waals surface area contributed by atoms with Crippen LogP contribution in [-0.2, 0) is 0 Å². The SMILES string of the molecule is CC(Nc1ncnc2nc[nH]c12)c1cc(Cl)c2cncn2c1N1CCN(CCCC(F)(F)F)CC1. The van der Waals surface area contributed by atoms with E-state index in [-0.39, 0.29) is 12.5 Å². The highest BCUT2D eigenvalue weighted by molar-refractivity contribution is 6.34. The lowest BCUT2D eigenvalue weighted by Crippen LogP contribution is -2.47. The third-order valence-electron chi connectivity index (χ3n) is 6.30. The van der Waals surface area contributed by atoms with E-state index >= 15 is 0 Å². The van der Waals surface area contributed by atoms with Crippen LogP contribution in [0.1, 0.15) is 31.4 Å². The fourth-order valence-electron chi connectivity index (χ4n) is 4.55. The molecule has 186 valence electrons. The fraction of sp³-hybridized carbons (Fsp3) is 0.455. The van der Waals surface area contributed by atoms with Crippen molar-refractivity contribution in [2.75, 3.05) is 42.9 Å². The molecule has 0 spiro atoms. The molecule has 1 aliphatic heterocycles. The Kier molecular flexibility index (Phi) is 6.41.